The molecule has 1 saturated heterocycles. The standard InChI is InChI=1S/C18H24N8O2S/c1-13(2)29(27,28)17-5-4-15(26-8-6-25(3)7-9-26)10-16(17)20-12-14(11-19)18-21-23-24-22-18/h4-5,10,12-13,20H,6-9H2,1-3H3,(H,21,22,23,24). The molecule has 154 valence electrons. The van der Waals surface area contributed by atoms with Gasteiger partial charge in [-0.2, -0.15) is 10.5 Å². The number of hydrogen-bond acceptors (Lipinski definition) is 9. The smallest absolute Gasteiger partial charge is 0.216 e. The van der Waals surface area contributed by atoms with E-state index >= 15 is 0 Å². The van der Waals surface area contributed by atoms with Crippen molar-refractivity contribution in [3.63, 3.8) is 0 Å². The maximum absolute atomic E-state index is 12.8. The van der Waals surface area contributed by atoms with Gasteiger partial charge in [-0.3, -0.25) is 0 Å². The molecule has 3 rings (SSSR count). The largest absolute Gasteiger partial charge is 0.369 e. The van der Waals surface area contributed by atoms with Crippen LogP contribution in [0.5, 0.6) is 0 Å². The van der Waals surface area contributed by atoms with E-state index in [0.29, 0.717) is 5.69 Å². The molecule has 1 aliphatic rings. The summed E-state index contributed by atoms with van der Waals surface area (Å²) in [6.07, 6.45) is 1.40. The van der Waals surface area contributed by atoms with Crippen LogP contribution in [-0.4, -0.2) is 72.4 Å². The molecule has 2 N–H and O–H groups in total. The fraction of sp³-hybridized carbons (Fsp3) is 0.444. The Morgan fingerprint density at radius 3 is 2.62 bits per heavy atom. The number of allylic oxidation sites excluding steroid dienone is 1. The van der Waals surface area contributed by atoms with Crippen LogP contribution in [0.15, 0.2) is 29.3 Å². The van der Waals surface area contributed by atoms with Crippen molar-refractivity contribution >= 4 is 26.8 Å². The van der Waals surface area contributed by atoms with Crippen molar-refractivity contribution in [2.45, 2.75) is 24.0 Å². The molecule has 0 bridgehead atoms. The fourth-order valence-electron chi connectivity index (χ4n) is 2.97. The fourth-order valence-corrected chi connectivity index (χ4v) is 4.16. The second kappa shape index (κ2) is 8.59. The molecule has 2 aromatic rings. The molecule has 0 spiro atoms. The summed E-state index contributed by atoms with van der Waals surface area (Å²) in [4.78, 5) is 4.65. The molecule has 0 amide bonds. The first-order valence-electron chi connectivity index (χ1n) is 9.25. The number of piperazine rings is 1. The minimum Gasteiger partial charge on any atom is -0.369 e. The maximum Gasteiger partial charge on any atom is 0.216 e. The molecule has 0 radical (unpaired) electrons. The lowest BCUT2D eigenvalue weighted by Crippen LogP contribution is -2.44. The molecule has 1 aromatic carbocycles. The number of anilines is 2. The molecule has 0 saturated carbocycles. The van der Waals surface area contributed by atoms with Gasteiger partial charge in [-0.15, -0.1) is 10.2 Å². The van der Waals surface area contributed by atoms with Crippen LogP contribution in [0, 0.1) is 11.3 Å². The number of H-pyrrole nitrogens is 1. The Kier molecular flexibility index (Phi) is 6.14. The second-order valence-electron chi connectivity index (χ2n) is 7.11. The Labute approximate surface area is 170 Å². The highest BCUT2D eigenvalue weighted by Crippen LogP contribution is 2.30. The monoisotopic (exact) mass is 416 g/mol. The van der Waals surface area contributed by atoms with E-state index in [1.165, 1.54) is 6.20 Å². The normalized spacial score (nSPS) is 16.1. The van der Waals surface area contributed by atoms with Crippen LogP contribution in [0.25, 0.3) is 5.57 Å². The van der Waals surface area contributed by atoms with E-state index in [2.05, 4.69) is 42.8 Å². The summed E-state index contributed by atoms with van der Waals surface area (Å²) in [5, 5.41) is 25.1. The first-order valence-corrected chi connectivity index (χ1v) is 10.8. The van der Waals surface area contributed by atoms with Crippen LogP contribution >= 0.6 is 0 Å². The number of rotatable bonds is 6. The lowest BCUT2D eigenvalue weighted by molar-refractivity contribution is 0.313. The molecule has 0 aliphatic carbocycles. The number of nitriles is 1. The number of benzene rings is 1. The maximum atomic E-state index is 12.8. The van der Waals surface area contributed by atoms with Gasteiger partial charge in [0.1, 0.15) is 11.6 Å². The first-order chi connectivity index (χ1) is 13.8. The van der Waals surface area contributed by atoms with Gasteiger partial charge in [-0.1, -0.05) is 0 Å². The molecular formula is C18H24N8O2S. The van der Waals surface area contributed by atoms with Gasteiger partial charge in [-0.05, 0) is 44.3 Å². The van der Waals surface area contributed by atoms with Crippen LogP contribution in [0.1, 0.15) is 19.7 Å². The van der Waals surface area contributed by atoms with Crippen molar-refractivity contribution in [2.24, 2.45) is 0 Å². The average molecular weight is 417 g/mol. The average Bonchev–Trinajstić information content (AvgIpc) is 3.23. The minimum absolute atomic E-state index is 0.128. The summed E-state index contributed by atoms with van der Waals surface area (Å²) in [5.41, 5.74) is 1.47. The SMILES string of the molecule is CC(C)S(=O)(=O)c1ccc(N2CCN(C)CC2)cc1NC=C(C#N)c1nn[nH]n1. The van der Waals surface area contributed by atoms with Crippen LogP contribution in [0.4, 0.5) is 11.4 Å². The molecule has 2 heterocycles. The van der Waals surface area contributed by atoms with Gasteiger partial charge in [0, 0.05) is 38.1 Å². The summed E-state index contributed by atoms with van der Waals surface area (Å²) in [6, 6.07) is 7.25. The topological polar surface area (TPSA) is 131 Å². The first kappa shape index (κ1) is 20.8. The molecule has 1 fully saturated rings. The van der Waals surface area contributed by atoms with Gasteiger partial charge in [0.2, 0.25) is 5.82 Å². The highest BCUT2D eigenvalue weighted by molar-refractivity contribution is 7.92. The summed E-state index contributed by atoms with van der Waals surface area (Å²) in [7, 11) is -1.45. The van der Waals surface area contributed by atoms with Gasteiger partial charge in [0.25, 0.3) is 0 Å². The zero-order chi connectivity index (χ0) is 21.0. The van der Waals surface area contributed by atoms with E-state index in [-0.39, 0.29) is 16.3 Å². The number of aromatic nitrogens is 4. The van der Waals surface area contributed by atoms with Crippen molar-refractivity contribution in [2.75, 3.05) is 43.4 Å². The van der Waals surface area contributed by atoms with E-state index in [1.807, 2.05) is 18.2 Å². The van der Waals surface area contributed by atoms with E-state index < -0.39 is 15.1 Å². The summed E-state index contributed by atoms with van der Waals surface area (Å²) in [6.45, 7) is 6.87. The summed E-state index contributed by atoms with van der Waals surface area (Å²) in [5.74, 6) is 0.128. The van der Waals surface area contributed by atoms with Crippen molar-refractivity contribution in [1.82, 2.24) is 25.5 Å². The van der Waals surface area contributed by atoms with E-state index in [1.54, 1.807) is 19.9 Å². The zero-order valence-corrected chi connectivity index (χ0v) is 17.4. The molecule has 0 unspecified atom stereocenters. The molecule has 10 nitrogen and oxygen atoms in total. The molecule has 11 heteroatoms. The van der Waals surface area contributed by atoms with Crippen LogP contribution in [0.2, 0.25) is 0 Å². The van der Waals surface area contributed by atoms with Gasteiger partial charge < -0.3 is 15.1 Å². The van der Waals surface area contributed by atoms with Gasteiger partial charge in [0.15, 0.2) is 9.84 Å². The lowest BCUT2D eigenvalue weighted by Gasteiger charge is -2.34. The Morgan fingerprint density at radius 1 is 1.31 bits per heavy atom. The minimum atomic E-state index is -3.52. The number of likely N-dealkylation sites (N-methyl/N-ethyl adjacent to an activating group) is 1. The van der Waals surface area contributed by atoms with Gasteiger partial charge >= 0.3 is 0 Å². The van der Waals surface area contributed by atoms with Crippen molar-refractivity contribution in [1.29, 1.82) is 5.26 Å². The Bertz CT molecular complexity index is 1020. The third-order valence-electron chi connectivity index (χ3n) is 4.84. The number of hydrogen-bond donors (Lipinski definition) is 2. The third-order valence-corrected chi connectivity index (χ3v) is 7.05. The predicted octanol–water partition coefficient (Wildman–Crippen LogP) is 1.11. The van der Waals surface area contributed by atoms with E-state index in [4.69, 9.17) is 0 Å². The Hall–Kier alpha value is -2.97. The van der Waals surface area contributed by atoms with Crippen LogP contribution in [-0.2, 0) is 9.84 Å². The number of nitrogens with zero attached hydrogens (tertiary/aromatic N) is 6. The molecule has 1 aromatic heterocycles. The number of aromatic amines is 1. The van der Waals surface area contributed by atoms with Gasteiger partial charge in [0.05, 0.1) is 15.8 Å². The van der Waals surface area contributed by atoms with Crippen molar-refractivity contribution in [3.8, 4) is 6.07 Å². The van der Waals surface area contributed by atoms with E-state index in [0.717, 1.165) is 31.9 Å². The van der Waals surface area contributed by atoms with Crippen molar-refractivity contribution < 1.29 is 8.42 Å². The Morgan fingerprint density at radius 2 is 2.03 bits per heavy atom. The quantitative estimate of drug-likeness (QED) is 0.665. The highest BCUT2D eigenvalue weighted by atomic mass is 32.2. The number of sulfone groups is 1. The zero-order valence-electron chi connectivity index (χ0n) is 16.6. The number of tetrazole rings is 1. The molecule has 1 aliphatic heterocycles. The van der Waals surface area contributed by atoms with Crippen LogP contribution in [0.3, 0.4) is 0 Å². The summed E-state index contributed by atoms with van der Waals surface area (Å²) >= 11 is 0. The van der Waals surface area contributed by atoms with Crippen molar-refractivity contribution in [3.05, 3.63) is 30.2 Å². The third kappa shape index (κ3) is 4.55. The van der Waals surface area contributed by atoms with E-state index in [9.17, 15) is 13.7 Å². The summed E-state index contributed by atoms with van der Waals surface area (Å²) < 4.78 is 25.7. The predicted molar refractivity (Wildman–Crippen MR) is 110 cm³/mol. The van der Waals surface area contributed by atoms with Crippen LogP contribution < -0.4 is 10.2 Å². The molecular weight excluding hydrogens is 392 g/mol. The Balaban J connectivity index is 1.99. The lowest BCUT2D eigenvalue weighted by atomic mass is 10.2. The molecule has 0 atom stereocenters. The number of nitrogens with one attached hydrogen (secondary N) is 2. The van der Waals surface area contributed by atoms with Gasteiger partial charge in [-0.25, -0.2) is 8.42 Å². The molecule has 29 heavy (non-hydrogen) atoms. The second-order valence-corrected chi connectivity index (χ2v) is 9.59. The highest BCUT2D eigenvalue weighted by Gasteiger charge is 2.24.